The zero-order valence-electron chi connectivity index (χ0n) is 16.4. The summed E-state index contributed by atoms with van der Waals surface area (Å²) >= 11 is 6.13. The Hall–Kier alpha value is -2.22. The molecule has 3 rings (SSSR count). The van der Waals surface area contributed by atoms with Crippen molar-refractivity contribution in [2.75, 3.05) is 5.32 Å². The molecule has 0 aromatic carbocycles. The number of aromatic nitrogens is 2. The van der Waals surface area contributed by atoms with Gasteiger partial charge in [-0.25, -0.2) is 8.78 Å². The van der Waals surface area contributed by atoms with Gasteiger partial charge in [0, 0.05) is 24.3 Å². The van der Waals surface area contributed by atoms with Crippen molar-refractivity contribution >= 4 is 29.2 Å². The van der Waals surface area contributed by atoms with Gasteiger partial charge in [0.1, 0.15) is 11.7 Å². The molecule has 29 heavy (non-hydrogen) atoms. The Labute approximate surface area is 173 Å². The summed E-state index contributed by atoms with van der Waals surface area (Å²) in [7, 11) is 0. The lowest BCUT2D eigenvalue weighted by molar-refractivity contribution is -0.121. The fraction of sp³-hybridized carbons (Fsp3) is 0.550. The lowest BCUT2D eigenvalue weighted by atomic mass is 9.85. The van der Waals surface area contributed by atoms with Crippen molar-refractivity contribution in [1.82, 2.24) is 15.5 Å². The highest BCUT2D eigenvalue weighted by molar-refractivity contribution is 6.22. The maximum atomic E-state index is 14.9. The van der Waals surface area contributed by atoms with E-state index in [4.69, 9.17) is 11.6 Å². The van der Waals surface area contributed by atoms with Crippen molar-refractivity contribution in [3.8, 4) is 0 Å². The first-order valence-corrected chi connectivity index (χ1v) is 10.2. The first kappa shape index (κ1) is 21.5. The Morgan fingerprint density at radius 3 is 2.69 bits per heavy atom. The summed E-state index contributed by atoms with van der Waals surface area (Å²) in [6, 6.07) is 0.774. The molecule has 0 saturated heterocycles. The number of hydrogen-bond acceptors (Lipinski definition) is 3. The van der Waals surface area contributed by atoms with E-state index in [1.807, 2.05) is 0 Å². The molecule has 1 fully saturated rings. The molecule has 158 valence electrons. The van der Waals surface area contributed by atoms with Crippen LogP contribution in [0.15, 0.2) is 29.4 Å². The second-order valence-electron chi connectivity index (χ2n) is 7.76. The minimum atomic E-state index is -0.946. The van der Waals surface area contributed by atoms with Gasteiger partial charge in [-0.2, -0.15) is 5.10 Å². The van der Waals surface area contributed by atoms with Gasteiger partial charge < -0.3 is 10.6 Å². The molecule has 3 N–H and O–H groups in total. The Balaban J connectivity index is 1.78. The number of hydrogen-bond donors (Lipinski definition) is 3. The van der Waals surface area contributed by atoms with Gasteiger partial charge in [-0.1, -0.05) is 19.8 Å². The SMILES string of the molecule is CC(=O)Nc1cc(CC(=O)N[C@H](C2=C(F)C(Cl)C(C)C=C2F)C2CCCC2)[nH]n1. The van der Waals surface area contributed by atoms with Crippen LogP contribution in [0.5, 0.6) is 0 Å². The molecule has 0 radical (unpaired) electrons. The molecule has 1 aromatic heterocycles. The topological polar surface area (TPSA) is 86.9 Å². The van der Waals surface area contributed by atoms with E-state index in [0.29, 0.717) is 11.5 Å². The van der Waals surface area contributed by atoms with E-state index in [1.54, 1.807) is 13.0 Å². The lowest BCUT2D eigenvalue weighted by Gasteiger charge is -2.31. The van der Waals surface area contributed by atoms with E-state index in [0.717, 1.165) is 25.7 Å². The van der Waals surface area contributed by atoms with Gasteiger partial charge in [0.2, 0.25) is 11.8 Å². The molecule has 6 nitrogen and oxygen atoms in total. The number of halogens is 3. The minimum absolute atomic E-state index is 0.0483. The van der Waals surface area contributed by atoms with E-state index >= 15 is 0 Å². The number of nitrogens with one attached hydrogen (secondary N) is 3. The number of anilines is 1. The van der Waals surface area contributed by atoms with Crippen molar-refractivity contribution in [2.45, 2.75) is 57.4 Å². The average molecular weight is 427 g/mol. The maximum absolute atomic E-state index is 14.9. The fourth-order valence-electron chi connectivity index (χ4n) is 4.01. The molecule has 2 amide bonds. The molecule has 1 aromatic rings. The highest BCUT2D eigenvalue weighted by Gasteiger charge is 2.38. The largest absolute Gasteiger partial charge is 0.348 e. The molecule has 2 aliphatic rings. The minimum Gasteiger partial charge on any atom is -0.348 e. The van der Waals surface area contributed by atoms with Crippen LogP contribution < -0.4 is 10.6 Å². The number of aromatic amines is 1. The van der Waals surface area contributed by atoms with E-state index in [2.05, 4.69) is 20.8 Å². The molecular formula is C20H25ClF2N4O2. The normalized spacial score (nSPS) is 23.7. The molecule has 3 atom stereocenters. The number of carbonyl (C=O) groups is 2. The summed E-state index contributed by atoms with van der Waals surface area (Å²) in [6.07, 6.45) is 4.75. The molecule has 1 heterocycles. The monoisotopic (exact) mass is 426 g/mol. The Morgan fingerprint density at radius 1 is 1.34 bits per heavy atom. The molecule has 0 spiro atoms. The average Bonchev–Trinajstić information content (AvgIpc) is 3.30. The molecular weight excluding hydrogens is 402 g/mol. The van der Waals surface area contributed by atoms with Gasteiger partial charge in [0.25, 0.3) is 0 Å². The number of H-pyrrole nitrogens is 1. The van der Waals surface area contributed by atoms with Gasteiger partial charge in [0.15, 0.2) is 5.82 Å². The van der Waals surface area contributed by atoms with Crippen molar-refractivity contribution in [1.29, 1.82) is 0 Å². The van der Waals surface area contributed by atoms with Crippen LogP contribution in [0.4, 0.5) is 14.6 Å². The van der Waals surface area contributed by atoms with Crippen molar-refractivity contribution in [2.24, 2.45) is 11.8 Å². The maximum Gasteiger partial charge on any atom is 0.226 e. The lowest BCUT2D eigenvalue weighted by Crippen LogP contribution is -2.43. The van der Waals surface area contributed by atoms with Crippen LogP contribution in [0.1, 0.15) is 45.2 Å². The van der Waals surface area contributed by atoms with Crippen molar-refractivity contribution in [3.63, 3.8) is 0 Å². The third-order valence-electron chi connectivity index (χ3n) is 5.41. The predicted octanol–water partition coefficient (Wildman–Crippen LogP) is 3.92. The van der Waals surface area contributed by atoms with Crippen LogP contribution in [0.2, 0.25) is 0 Å². The van der Waals surface area contributed by atoms with Gasteiger partial charge in [-0.15, -0.1) is 11.6 Å². The predicted molar refractivity (Wildman–Crippen MR) is 107 cm³/mol. The summed E-state index contributed by atoms with van der Waals surface area (Å²) in [4.78, 5) is 23.7. The first-order chi connectivity index (χ1) is 13.8. The summed E-state index contributed by atoms with van der Waals surface area (Å²) in [5.41, 5.74) is 0.348. The van der Waals surface area contributed by atoms with Gasteiger partial charge >= 0.3 is 0 Å². The zero-order chi connectivity index (χ0) is 21.1. The van der Waals surface area contributed by atoms with Crippen LogP contribution >= 0.6 is 11.6 Å². The zero-order valence-corrected chi connectivity index (χ0v) is 17.2. The fourth-order valence-corrected chi connectivity index (χ4v) is 4.20. The number of amides is 2. The number of nitrogens with zero attached hydrogens (tertiary/aromatic N) is 1. The smallest absolute Gasteiger partial charge is 0.226 e. The molecule has 2 aliphatic carbocycles. The third kappa shape index (κ3) is 5.04. The van der Waals surface area contributed by atoms with Crippen LogP contribution in [0.25, 0.3) is 0 Å². The van der Waals surface area contributed by atoms with Gasteiger partial charge in [-0.3, -0.25) is 14.7 Å². The highest BCUT2D eigenvalue weighted by Crippen LogP contribution is 2.40. The van der Waals surface area contributed by atoms with Crippen LogP contribution in [-0.4, -0.2) is 33.4 Å². The van der Waals surface area contributed by atoms with Crippen LogP contribution in [0.3, 0.4) is 0 Å². The molecule has 0 aliphatic heterocycles. The second-order valence-corrected chi connectivity index (χ2v) is 8.23. The van der Waals surface area contributed by atoms with Crippen LogP contribution in [-0.2, 0) is 16.0 Å². The van der Waals surface area contributed by atoms with E-state index in [-0.39, 0.29) is 23.8 Å². The van der Waals surface area contributed by atoms with E-state index < -0.39 is 34.9 Å². The van der Waals surface area contributed by atoms with Gasteiger partial charge in [-0.05, 0) is 30.8 Å². The Bertz CT molecular complexity index is 845. The van der Waals surface area contributed by atoms with Gasteiger partial charge in [0.05, 0.1) is 17.8 Å². The number of carbonyl (C=O) groups excluding carboxylic acids is 2. The first-order valence-electron chi connectivity index (χ1n) is 9.78. The van der Waals surface area contributed by atoms with E-state index in [1.165, 1.54) is 13.0 Å². The quantitative estimate of drug-likeness (QED) is 0.602. The summed E-state index contributed by atoms with van der Waals surface area (Å²) in [5, 5.41) is 11.0. The molecule has 2 unspecified atom stereocenters. The number of allylic oxidation sites excluding steroid dienone is 2. The van der Waals surface area contributed by atoms with Crippen molar-refractivity contribution < 1.29 is 18.4 Å². The number of rotatable bonds is 6. The summed E-state index contributed by atoms with van der Waals surface area (Å²) in [5.74, 6) is -2.23. The Kier molecular flexibility index (Phi) is 6.72. The number of alkyl halides is 1. The van der Waals surface area contributed by atoms with Crippen molar-refractivity contribution in [3.05, 3.63) is 35.1 Å². The molecule has 0 bridgehead atoms. The molecule has 9 heteroatoms. The van der Waals surface area contributed by atoms with E-state index in [9.17, 15) is 18.4 Å². The molecule has 1 saturated carbocycles. The standard InChI is InChI=1S/C20H25ClF2N4O2/c1-10-7-14(22)17(19(23)18(10)21)20(12-5-3-4-6-12)25-16(29)9-13-8-15(27-26-13)24-11(2)28/h7-8,10,12,18,20H,3-6,9H2,1-2H3,(H,25,29)(H2,24,26,27,28)/t10?,18?,20-/m0/s1. The third-order valence-corrected chi connectivity index (χ3v) is 6.00. The summed E-state index contributed by atoms with van der Waals surface area (Å²) in [6.45, 7) is 3.01. The van der Waals surface area contributed by atoms with Crippen LogP contribution in [0, 0.1) is 11.8 Å². The second kappa shape index (κ2) is 9.07. The highest BCUT2D eigenvalue weighted by atomic mass is 35.5. The Morgan fingerprint density at radius 2 is 2.03 bits per heavy atom. The summed E-state index contributed by atoms with van der Waals surface area (Å²) < 4.78 is 29.6.